The number of hydrogen-bond acceptors (Lipinski definition) is 4. The first kappa shape index (κ1) is 18.2. The molecular formula is C16H18ClFN2O4. The molecular weight excluding hydrogens is 339 g/mol. The quantitative estimate of drug-likeness (QED) is 0.650. The minimum absolute atomic E-state index is 0.0265. The molecule has 130 valence electrons. The average molecular weight is 357 g/mol. The Morgan fingerprint density at radius 2 is 2.12 bits per heavy atom. The van der Waals surface area contributed by atoms with E-state index in [-0.39, 0.29) is 29.4 Å². The summed E-state index contributed by atoms with van der Waals surface area (Å²) in [6, 6.07) is 2.66. The Kier molecular flexibility index (Phi) is 5.80. The number of nitrogens with zero attached hydrogens (tertiary/aromatic N) is 1. The summed E-state index contributed by atoms with van der Waals surface area (Å²) in [7, 11) is 2.99. The van der Waals surface area contributed by atoms with E-state index in [1.165, 1.54) is 37.3 Å². The van der Waals surface area contributed by atoms with Crippen molar-refractivity contribution in [3.05, 3.63) is 45.9 Å². The molecule has 1 atom stereocenters. The number of amides is 2. The molecule has 8 heteroatoms. The minimum Gasteiger partial charge on any atom is -0.460 e. The van der Waals surface area contributed by atoms with E-state index < -0.39 is 23.9 Å². The van der Waals surface area contributed by atoms with Crippen LogP contribution < -0.4 is 5.32 Å². The lowest BCUT2D eigenvalue weighted by atomic mass is 9.94. The zero-order valence-corrected chi connectivity index (χ0v) is 14.3. The van der Waals surface area contributed by atoms with Crippen molar-refractivity contribution < 1.29 is 23.5 Å². The van der Waals surface area contributed by atoms with Crippen molar-refractivity contribution >= 4 is 23.6 Å². The van der Waals surface area contributed by atoms with E-state index in [2.05, 4.69) is 5.32 Å². The highest BCUT2D eigenvalue weighted by Crippen LogP contribution is 2.35. The summed E-state index contributed by atoms with van der Waals surface area (Å²) in [6.45, 7) is 1.86. The summed E-state index contributed by atoms with van der Waals surface area (Å²) < 4.78 is 24.3. The summed E-state index contributed by atoms with van der Waals surface area (Å²) in [6.07, 6.45) is 0. The number of halogens is 2. The first-order valence-corrected chi connectivity index (χ1v) is 7.61. The van der Waals surface area contributed by atoms with Gasteiger partial charge in [0.05, 0.1) is 18.2 Å². The lowest BCUT2D eigenvalue weighted by Crippen LogP contribution is -2.46. The Hall–Kier alpha value is -2.12. The molecule has 0 fully saturated rings. The van der Waals surface area contributed by atoms with E-state index in [1.54, 1.807) is 6.92 Å². The second kappa shape index (κ2) is 7.63. The fourth-order valence-electron chi connectivity index (χ4n) is 2.40. The molecule has 2 rings (SSSR count). The van der Waals surface area contributed by atoms with Gasteiger partial charge in [0, 0.05) is 30.4 Å². The van der Waals surface area contributed by atoms with Crippen LogP contribution in [0.2, 0.25) is 5.02 Å². The number of ether oxygens (including phenoxy) is 2. The molecule has 1 aliphatic heterocycles. The van der Waals surface area contributed by atoms with Gasteiger partial charge < -0.3 is 19.7 Å². The summed E-state index contributed by atoms with van der Waals surface area (Å²) in [5.74, 6) is -1.28. The Bertz CT molecular complexity index is 672. The number of nitrogens with one attached hydrogen (secondary N) is 1. The van der Waals surface area contributed by atoms with Crippen molar-refractivity contribution in [3.8, 4) is 0 Å². The maximum absolute atomic E-state index is 14.3. The number of benzene rings is 1. The molecule has 0 aliphatic carbocycles. The van der Waals surface area contributed by atoms with Crippen LogP contribution in [0.1, 0.15) is 18.5 Å². The number of methoxy groups -OCH3 is 1. The van der Waals surface area contributed by atoms with E-state index >= 15 is 0 Å². The third-order valence-electron chi connectivity index (χ3n) is 3.78. The summed E-state index contributed by atoms with van der Waals surface area (Å²) in [4.78, 5) is 25.8. The molecule has 0 bridgehead atoms. The monoisotopic (exact) mass is 356 g/mol. The van der Waals surface area contributed by atoms with Gasteiger partial charge in [0.25, 0.3) is 0 Å². The SMILES string of the molecule is COCCOC(=O)C1=C(C)N(C)C(=O)NC1c1c(F)cccc1Cl. The van der Waals surface area contributed by atoms with Gasteiger partial charge in [0.2, 0.25) is 0 Å². The van der Waals surface area contributed by atoms with Crippen LogP contribution in [0.4, 0.5) is 9.18 Å². The molecule has 0 aromatic heterocycles. The van der Waals surface area contributed by atoms with E-state index in [1.807, 2.05) is 0 Å². The van der Waals surface area contributed by atoms with Crippen molar-refractivity contribution in [2.75, 3.05) is 27.4 Å². The van der Waals surface area contributed by atoms with Crippen LogP contribution in [0.3, 0.4) is 0 Å². The van der Waals surface area contributed by atoms with Crippen molar-refractivity contribution in [3.63, 3.8) is 0 Å². The Morgan fingerprint density at radius 1 is 1.42 bits per heavy atom. The molecule has 1 aliphatic rings. The van der Waals surface area contributed by atoms with Gasteiger partial charge in [-0.2, -0.15) is 0 Å². The van der Waals surface area contributed by atoms with Crippen molar-refractivity contribution in [1.29, 1.82) is 0 Å². The molecule has 0 saturated heterocycles. The number of esters is 1. The second-order valence-corrected chi connectivity index (χ2v) is 5.61. The van der Waals surface area contributed by atoms with E-state index in [4.69, 9.17) is 21.1 Å². The number of urea groups is 1. The largest absolute Gasteiger partial charge is 0.460 e. The van der Waals surface area contributed by atoms with Gasteiger partial charge in [0.1, 0.15) is 12.4 Å². The first-order chi connectivity index (χ1) is 11.4. The molecule has 0 saturated carbocycles. The maximum Gasteiger partial charge on any atom is 0.338 e. The first-order valence-electron chi connectivity index (χ1n) is 7.23. The molecule has 6 nitrogen and oxygen atoms in total. The molecule has 0 radical (unpaired) electrons. The number of hydrogen-bond donors (Lipinski definition) is 1. The Balaban J connectivity index is 2.47. The molecule has 1 heterocycles. The number of carbonyl (C=O) groups is 2. The van der Waals surface area contributed by atoms with Crippen molar-refractivity contribution in [2.24, 2.45) is 0 Å². The van der Waals surface area contributed by atoms with Gasteiger partial charge in [-0.25, -0.2) is 14.0 Å². The fourth-order valence-corrected chi connectivity index (χ4v) is 2.67. The maximum atomic E-state index is 14.3. The zero-order chi connectivity index (χ0) is 17.9. The minimum atomic E-state index is -1.03. The second-order valence-electron chi connectivity index (χ2n) is 5.20. The Morgan fingerprint density at radius 3 is 2.75 bits per heavy atom. The third-order valence-corrected chi connectivity index (χ3v) is 4.11. The highest BCUT2D eigenvalue weighted by molar-refractivity contribution is 6.31. The summed E-state index contributed by atoms with van der Waals surface area (Å²) >= 11 is 6.09. The Labute approximate surface area is 144 Å². The lowest BCUT2D eigenvalue weighted by Gasteiger charge is -2.33. The van der Waals surface area contributed by atoms with Crippen LogP contribution in [0.25, 0.3) is 0 Å². The van der Waals surface area contributed by atoms with E-state index in [0.29, 0.717) is 5.70 Å². The fraction of sp³-hybridized carbons (Fsp3) is 0.375. The summed E-state index contributed by atoms with van der Waals surface area (Å²) in [5.41, 5.74) is 0.518. The number of carbonyl (C=O) groups excluding carboxylic acids is 2. The van der Waals surface area contributed by atoms with Gasteiger partial charge in [-0.15, -0.1) is 0 Å². The topological polar surface area (TPSA) is 67.9 Å². The smallest absolute Gasteiger partial charge is 0.338 e. The highest BCUT2D eigenvalue weighted by atomic mass is 35.5. The van der Waals surface area contributed by atoms with Crippen LogP contribution in [0.15, 0.2) is 29.5 Å². The van der Waals surface area contributed by atoms with Gasteiger partial charge in [0.15, 0.2) is 0 Å². The van der Waals surface area contributed by atoms with E-state index in [9.17, 15) is 14.0 Å². The highest BCUT2D eigenvalue weighted by Gasteiger charge is 2.37. The molecule has 1 aromatic carbocycles. The molecule has 1 N–H and O–H groups in total. The molecule has 1 unspecified atom stereocenters. The predicted molar refractivity (Wildman–Crippen MR) is 86.0 cm³/mol. The third kappa shape index (κ3) is 3.52. The van der Waals surface area contributed by atoms with Crippen molar-refractivity contribution in [2.45, 2.75) is 13.0 Å². The van der Waals surface area contributed by atoms with Crippen LogP contribution in [-0.4, -0.2) is 44.3 Å². The number of rotatable bonds is 5. The molecule has 0 spiro atoms. The van der Waals surface area contributed by atoms with Crippen LogP contribution in [-0.2, 0) is 14.3 Å². The van der Waals surface area contributed by atoms with Gasteiger partial charge >= 0.3 is 12.0 Å². The van der Waals surface area contributed by atoms with Crippen molar-refractivity contribution in [1.82, 2.24) is 10.2 Å². The lowest BCUT2D eigenvalue weighted by molar-refractivity contribution is -0.140. The van der Waals surface area contributed by atoms with Gasteiger partial charge in [-0.1, -0.05) is 17.7 Å². The average Bonchev–Trinajstić information content (AvgIpc) is 2.52. The standard InChI is InChI=1S/C16H18ClFN2O4/c1-9-12(15(21)24-8-7-23-3)14(19-16(22)20(9)2)13-10(17)5-4-6-11(13)18/h4-6,14H,7-8H2,1-3H3,(H,19,22). The molecule has 1 aromatic rings. The molecule has 24 heavy (non-hydrogen) atoms. The van der Waals surface area contributed by atoms with Gasteiger partial charge in [-0.05, 0) is 19.1 Å². The van der Waals surface area contributed by atoms with Crippen LogP contribution in [0.5, 0.6) is 0 Å². The van der Waals surface area contributed by atoms with Crippen LogP contribution in [0, 0.1) is 5.82 Å². The normalized spacial score (nSPS) is 17.8. The zero-order valence-electron chi connectivity index (χ0n) is 13.6. The van der Waals surface area contributed by atoms with Crippen LogP contribution >= 0.6 is 11.6 Å². The summed E-state index contributed by atoms with van der Waals surface area (Å²) in [5, 5.41) is 2.70. The number of allylic oxidation sites excluding steroid dienone is 1. The predicted octanol–water partition coefficient (Wildman–Crippen LogP) is 2.64. The van der Waals surface area contributed by atoms with E-state index in [0.717, 1.165) is 0 Å². The van der Waals surface area contributed by atoms with Gasteiger partial charge in [-0.3, -0.25) is 0 Å². The molecule has 2 amide bonds.